The van der Waals surface area contributed by atoms with E-state index in [0.717, 1.165) is 35.6 Å². The molecule has 2 aromatic rings. The lowest BCUT2D eigenvalue weighted by atomic mass is 9.93. The first-order valence-electron chi connectivity index (χ1n) is 11.1. The number of carbonyl (C=O) groups is 2. The van der Waals surface area contributed by atoms with E-state index in [1.807, 2.05) is 32.9 Å². The highest BCUT2D eigenvalue weighted by atomic mass is 16.6. The third-order valence-corrected chi connectivity index (χ3v) is 5.30. The van der Waals surface area contributed by atoms with Gasteiger partial charge in [0.15, 0.2) is 0 Å². The van der Waals surface area contributed by atoms with Gasteiger partial charge in [-0.25, -0.2) is 4.79 Å². The van der Waals surface area contributed by atoms with Crippen LogP contribution in [0.3, 0.4) is 0 Å². The van der Waals surface area contributed by atoms with Crippen LogP contribution in [-0.2, 0) is 20.8 Å². The fourth-order valence-electron chi connectivity index (χ4n) is 3.85. The zero-order valence-corrected chi connectivity index (χ0v) is 19.0. The summed E-state index contributed by atoms with van der Waals surface area (Å²) in [6.45, 7) is 6.12. The Morgan fingerprint density at radius 2 is 1.88 bits per heavy atom. The summed E-state index contributed by atoms with van der Waals surface area (Å²) < 4.78 is 5.64. The van der Waals surface area contributed by atoms with Crippen LogP contribution >= 0.6 is 0 Å². The lowest BCUT2D eigenvalue weighted by Gasteiger charge is -2.37. The van der Waals surface area contributed by atoms with E-state index in [2.05, 4.69) is 35.5 Å². The zero-order valence-electron chi connectivity index (χ0n) is 19.0. The molecule has 0 radical (unpaired) electrons. The number of hydrogen-bond acceptors (Lipinski definition) is 5. The number of hydrogen-bond donors (Lipinski definition) is 1. The Bertz CT molecular complexity index is 980. The number of carboxylic acids is 1. The summed E-state index contributed by atoms with van der Waals surface area (Å²) in [5.41, 5.74) is 1.17. The maximum atomic E-state index is 12.9. The van der Waals surface area contributed by atoms with Gasteiger partial charge in [0.05, 0.1) is 18.2 Å². The van der Waals surface area contributed by atoms with Crippen LogP contribution in [0.25, 0.3) is 10.8 Å². The molecule has 7 nitrogen and oxygen atoms in total. The summed E-state index contributed by atoms with van der Waals surface area (Å²) >= 11 is 0. The van der Waals surface area contributed by atoms with Crippen LogP contribution in [0, 0.1) is 0 Å². The number of aliphatic carboxylic acids is 1. The van der Waals surface area contributed by atoms with E-state index < -0.39 is 11.6 Å². The van der Waals surface area contributed by atoms with E-state index in [1.54, 1.807) is 4.90 Å². The first-order chi connectivity index (χ1) is 15.2. The highest BCUT2D eigenvalue weighted by Gasteiger charge is 2.34. The van der Waals surface area contributed by atoms with Gasteiger partial charge < -0.3 is 14.7 Å². The van der Waals surface area contributed by atoms with Gasteiger partial charge in [-0.3, -0.25) is 9.69 Å². The monoisotopic (exact) mass is 440 g/mol. The van der Waals surface area contributed by atoms with Crippen LogP contribution in [-0.4, -0.2) is 52.6 Å². The van der Waals surface area contributed by atoms with Crippen molar-refractivity contribution in [2.24, 2.45) is 5.16 Å². The van der Waals surface area contributed by atoms with Gasteiger partial charge in [-0.1, -0.05) is 47.6 Å². The molecule has 0 bridgehead atoms. The average Bonchev–Trinajstić information content (AvgIpc) is 2.74. The van der Waals surface area contributed by atoms with Gasteiger partial charge in [0.25, 0.3) is 0 Å². The van der Waals surface area contributed by atoms with Crippen molar-refractivity contribution in [3.8, 4) is 0 Å². The number of piperidine rings is 1. The minimum Gasteiger partial charge on any atom is -0.481 e. The van der Waals surface area contributed by atoms with Crippen molar-refractivity contribution in [2.45, 2.75) is 64.5 Å². The van der Waals surface area contributed by atoms with Crippen molar-refractivity contribution >= 4 is 28.5 Å². The molecule has 3 rings (SSSR count). The molecule has 0 saturated carbocycles. The number of rotatable bonds is 7. The molecule has 1 fully saturated rings. The predicted octanol–water partition coefficient (Wildman–Crippen LogP) is 5.02. The first-order valence-corrected chi connectivity index (χ1v) is 11.1. The molecule has 0 aliphatic carbocycles. The summed E-state index contributed by atoms with van der Waals surface area (Å²) in [6.07, 6.45) is 2.64. The number of amides is 1. The normalized spacial score (nSPS) is 17.3. The van der Waals surface area contributed by atoms with Crippen LogP contribution < -0.4 is 0 Å². The average molecular weight is 441 g/mol. The van der Waals surface area contributed by atoms with Crippen molar-refractivity contribution in [1.29, 1.82) is 0 Å². The van der Waals surface area contributed by atoms with Gasteiger partial charge in [-0.05, 0) is 56.4 Å². The van der Waals surface area contributed by atoms with E-state index in [0.29, 0.717) is 18.7 Å². The molecule has 172 valence electrons. The summed E-state index contributed by atoms with van der Waals surface area (Å²) in [4.78, 5) is 30.9. The Balaban J connectivity index is 1.86. The number of carbonyl (C=O) groups excluding carboxylic acids is 1. The quantitative estimate of drug-likeness (QED) is 0.371. The van der Waals surface area contributed by atoms with Crippen molar-refractivity contribution in [1.82, 2.24) is 4.90 Å². The van der Waals surface area contributed by atoms with Crippen molar-refractivity contribution < 1.29 is 24.3 Å². The molecule has 1 saturated heterocycles. The summed E-state index contributed by atoms with van der Waals surface area (Å²) in [7, 11) is 0. The summed E-state index contributed by atoms with van der Waals surface area (Å²) in [5.74, 6) is -0.940. The standard InChI is InChI=1S/C25H32N2O5/c1-25(2,3)32-24(30)27-14-7-6-10-22(27)21(26-31-15-13-23(28)29)17-18-11-12-19-8-4-5-9-20(19)16-18/h4-5,8-9,11-12,16,22H,6-7,10,13-15,17H2,1-3H3,(H,28,29). The van der Waals surface area contributed by atoms with Gasteiger partial charge >= 0.3 is 12.1 Å². The molecule has 1 aliphatic rings. The van der Waals surface area contributed by atoms with Crippen LogP contribution in [0.5, 0.6) is 0 Å². The predicted molar refractivity (Wildman–Crippen MR) is 124 cm³/mol. The third-order valence-electron chi connectivity index (χ3n) is 5.30. The summed E-state index contributed by atoms with van der Waals surface area (Å²) in [5, 5.41) is 15.5. The van der Waals surface area contributed by atoms with Gasteiger partial charge in [-0.15, -0.1) is 0 Å². The van der Waals surface area contributed by atoms with Gasteiger partial charge in [0.2, 0.25) is 0 Å². The first kappa shape index (κ1) is 23.6. The molecule has 1 heterocycles. The number of oxime groups is 1. The molecule has 1 amide bonds. The second-order valence-corrected chi connectivity index (χ2v) is 9.10. The number of carboxylic acid groups (broad SMARTS) is 1. The van der Waals surface area contributed by atoms with Crippen molar-refractivity contribution in [3.05, 3.63) is 48.0 Å². The van der Waals surface area contributed by atoms with E-state index in [-0.39, 0.29) is 25.2 Å². The number of benzene rings is 2. The Kier molecular flexibility index (Phi) is 7.72. The molecular formula is C25H32N2O5. The highest BCUT2D eigenvalue weighted by Crippen LogP contribution is 2.24. The molecule has 32 heavy (non-hydrogen) atoms. The van der Waals surface area contributed by atoms with Gasteiger partial charge in [-0.2, -0.15) is 0 Å². The molecule has 0 spiro atoms. The van der Waals surface area contributed by atoms with Crippen molar-refractivity contribution in [3.63, 3.8) is 0 Å². The lowest BCUT2D eigenvalue weighted by molar-refractivity contribution is -0.138. The molecule has 1 unspecified atom stereocenters. The topological polar surface area (TPSA) is 88.4 Å². The smallest absolute Gasteiger partial charge is 0.410 e. The van der Waals surface area contributed by atoms with Crippen LogP contribution in [0.2, 0.25) is 0 Å². The maximum Gasteiger partial charge on any atom is 0.410 e. The van der Waals surface area contributed by atoms with Crippen LogP contribution in [0.4, 0.5) is 4.79 Å². The molecule has 0 aromatic heterocycles. The van der Waals surface area contributed by atoms with E-state index in [1.165, 1.54) is 0 Å². The minimum absolute atomic E-state index is 0.0181. The minimum atomic E-state index is -0.940. The molecule has 1 N–H and O–H groups in total. The number of nitrogens with zero attached hydrogens (tertiary/aromatic N) is 2. The molecule has 1 aliphatic heterocycles. The Morgan fingerprint density at radius 3 is 2.59 bits per heavy atom. The molecule has 1 atom stereocenters. The van der Waals surface area contributed by atoms with E-state index in [4.69, 9.17) is 14.7 Å². The number of fused-ring (bicyclic) bond motifs is 1. The number of ether oxygens (including phenoxy) is 1. The van der Waals surface area contributed by atoms with Gasteiger partial charge in [0, 0.05) is 13.0 Å². The Morgan fingerprint density at radius 1 is 1.12 bits per heavy atom. The second kappa shape index (κ2) is 10.5. The zero-order chi connectivity index (χ0) is 23.1. The molecule has 7 heteroatoms. The lowest BCUT2D eigenvalue weighted by Crippen LogP contribution is -2.50. The highest BCUT2D eigenvalue weighted by molar-refractivity contribution is 5.94. The van der Waals surface area contributed by atoms with Crippen LogP contribution in [0.1, 0.15) is 52.0 Å². The maximum absolute atomic E-state index is 12.9. The SMILES string of the molecule is CC(C)(C)OC(=O)N1CCCCC1C(Cc1ccc2ccccc2c1)=NOCCC(=O)O. The van der Waals surface area contributed by atoms with Crippen molar-refractivity contribution in [2.75, 3.05) is 13.2 Å². The van der Waals surface area contributed by atoms with Gasteiger partial charge in [0.1, 0.15) is 12.2 Å². The number of likely N-dealkylation sites (tertiary alicyclic amines) is 1. The van der Waals surface area contributed by atoms with Crippen LogP contribution in [0.15, 0.2) is 47.6 Å². The Labute approximate surface area is 189 Å². The molecule has 2 aromatic carbocycles. The fourth-order valence-corrected chi connectivity index (χ4v) is 3.85. The third kappa shape index (κ3) is 6.70. The summed E-state index contributed by atoms with van der Waals surface area (Å²) in [6, 6.07) is 14.1. The second-order valence-electron chi connectivity index (χ2n) is 9.10. The fraction of sp³-hybridized carbons (Fsp3) is 0.480. The van der Waals surface area contributed by atoms with E-state index in [9.17, 15) is 9.59 Å². The molecular weight excluding hydrogens is 408 g/mol. The largest absolute Gasteiger partial charge is 0.481 e. The Hall–Kier alpha value is -3.09. The van der Waals surface area contributed by atoms with E-state index >= 15 is 0 Å².